The van der Waals surface area contributed by atoms with E-state index in [-0.39, 0.29) is 12.0 Å². The van der Waals surface area contributed by atoms with Gasteiger partial charge in [0, 0.05) is 6.20 Å². The van der Waals surface area contributed by atoms with Gasteiger partial charge < -0.3 is 15.5 Å². The Bertz CT molecular complexity index is 400. The zero-order valence-electron chi connectivity index (χ0n) is 7.21. The lowest BCUT2D eigenvalue weighted by Gasteiger charge is -1.98. The SMILES string of the molecule is Nc1nnc(NCc2cccnn2)o1. The van der Waals surface area contributed by atoms with Gasteiger partial charge in [-0.3, -0.25) is 0 Å². The van der Waals surface area contributed by atoms with Gasteiger partial charge in [-0.1, -0.05) is 10.2 Å². The topological polar surface area (TPSA) is 103 Å². The largest absolute Gasteiger partial charge is 0.390 e. The lowest BCUT2D eigenvalue weighted by Crippen LogP contribution is -2.02. The van der Waals surface area contributed by atoms with E-state index in [4.69, 9.17) is 10.2 Å². The molecule has 7 nitrogen and oxygen atoms in total. The molecule has 3 N–H and O–H groups in total. The summed E-state index contributed by atoms with van der Waals surface area (Å²) in [4.78, 5) is 0. The number of hydrogen-bond acceptors (Lipinski definition) is 7. The van der Waals surface area contributed by atoms with Crippen molar-refractivity contribution >= 4 is 12.0 Å². The maximum atomic E-state index is 5.24. The van der Waals surface area contributed by atoms with Crippen LogP contribution in [0, 0.1) is 0 Å². The molecule has 0 fully saturated rings. The van der Waals surface area contributed by atoms with E-state index in [1.807, 2.05) is 6.07 Å². The van der Waals surface area contributed by atoms with Crippen LogP contribution in [-0.2, 0) is 6.54 Å². The summed E-state index contributed by atoms with van der Waals surface area (Å²) in [6.07, 6.45) is 1.61. The molecule has 0 saturated heterocycles. The number of rotatable bonds is 3. The van der Waals surface area contributed by atoms with E-state index >= 15 is 0 Å². The normalized spacial score (nSPS) is 10.0. The molecule has 2 heterocycles. The van der Waals surface area contributed by atoms with Gasteiger partial charge in [-0.05, 0) is 12.1 Å². The Morgan fingerprint density at radius 2 is 2.29 bits per heavy atom. The summed E-state index contributed by atoms with van der Waals surface area (Å²) < 4.78 is 4.90. The van der Waals surface area contributed by atoms with Crippen molar-refractivity contribution < 1.29 is 4.42 Å². The first-order valence-electron chi connectivity index (χ1n) is 3.94. The Morgan fingerprint density at radius 1 is 1.36 bits per heavy atom. The van der Waals surface area contributed by atoms with E-state index in [9.17, 15) is 0 Å². The molecule has 0 aromatic carbocycles. The zero-order chi connectivity index (χ0) is 9.80. The summed E-state index contributed by atoms with van der Waals surface area (Å²) in [5.41, 5.74) is 6.02. The highest BCUT2D eigenvalue weighted by molar-refractivity contribution is 5.23. The molecular formula is C7H8N6O. The quantitative estimate of drug-likeness (QED) is 0.708. The number of anilines is 2. The third-order valence-electron chi connectivity index (χ3n) is 1.49. The van der Waals surface area contributed by atoms with Gasteiger partial charge in [0.05, 0.1) is 12.2 Å². The Balaban J connectivity index is 1.95. The first kappa shape index (κ1) is 8.42. The molecule has 0 saturated carbocycles. The molecular weight excluding hydrogens is 184 g/mol. The van der Waals surface area contributed by atoms with Crippen LogP contribution < -0.4 is 11.1 Å². The summed E-state index contributed by atoms with van der Waals surface area (Å²) in [5, 5.41) is 17.6. The van der Waals surface area contributed by atoms with Crippen molar-refractivity contribution in [2.75, 3.05) is 11.1 Å². The highest BCUT2D eigenvalue weighted by atomic mass is 16.4. The molecule has 0 aliphatic carbocycles. The van der Waals surface area contributed by atoms with Crippen molar-refractivity contribution in [1.82, 2.24) is 20.4 Å². The number of nitrogens with one attached hydrogen (secondary N) is 1. The van der Waals surface area contributed by atoms with Gasteiger partial charge in [0.1, 0.15) is 0 Å². The van der Waals surface area contributed by atoms with Gasteiger partial charge >= 0.3 is 12.0 Å². The smallest absolute Gasteiger partial charge is 0.317 e. The monoisotopic (exact) mass is 192 g/mol. The number of hydrogen-bond donors (Lipinski definition) is 2. The maximum Gasteiger partial charge on any atom is 0.317 e. The predicted octanol–water partition coefficient (Wildman–Crippen LogP) is 0.0539. The van der Waals surface area contributed by atoms with E-state index < -0.39 is 0 Å². The molecule has 2 aromatic rings. The molecule has 0 radical (unpaired) electrons. The number of nitrogens with zero attached hydrogens (tertiary/aromatic N) is 4. The van der Waals surface area contributed by atoms with Crippen LogP contribution in [-0.4, -0.2) is 20.4 Å². The standard InChI is InChI=1S/C7H8N6O/c8-6-12-13-7(14-6)9-4-5-2-1-3-10-11-5/h1-3H,4H2,(H2,8,12)(H,9,13). The fourth-order valence-electron chi connectivity index (χ4n) is 0.900. The molecule has 0 unspecified atom stereocenters. The minimum absolute atomic E-state index is 0.0339. The second-order valence-corrected chi connectivity index (χ2v) is 2.51. The molecule has 72 valence electrons. The van der Waals surface area contributed by atoms with Crippen molar-refractivity contribution in [2.45, 2.75) is 6.54 Å². The van der Waals surface area contributed by atoms with Crippen molar-refractivity contribution in [2.24, 2.45) is 0 Å². The Labute approximate surface area is 79.4 Å². The van der Waals surface area contributed by atoms with Gasteiger partial charge in [0.15, 0.2) is 0 Å². The van der Waals surface area contributed by atoms with E-state index in [1.165, 1.54) is 0 Å². The average molecular weight is 192 g/mol. The van der Waals surface area contributed by atoms with Crippen LogP contribution in [0.15, 0.2) is 22.7 Å². The summed E-state index contributed by atoms with van der Waals surface area (Å²) in [6, 6.07) is 3.94. The highest BCUT2D eigenvalue weighted by Crippen LogP contribution is 2.06. The first-order valence-corrected chi connectivity index (χ1v) is 3.94. The minimum Gasteiger partial charge on any atom is -0.390 e. The van der Waals surface area contributed by atoms with Gasteiger partial charge in [0.2, 0.25) is 0 Å². The van der Waals surface area contributed by atoms with E-state index in [0.717, 1.165) is 5.69 Å². The van der Waals surface area contributed by atoms with Gasteiger partial charge in [-0.25, -0.2) is 0 Å². The van der Waals surface area contributed by atoms with E-state index in [1.54, 1.807) is 12.3 Å². The Morgan fingerprint density at radius 3 is 2.93 bits per heavy atom. The number of aromatic nitrogens is 4. The van der Waals surface area contributed by atoms with Crippen LogP contribution in [0.5, 0.6) is 0 Å². The zero-order valence-corrected chi connectivity index (χ0v) is 7.21. The molecule has 0 spiro atoms. The van der Waals surface area contributed by atoms with E-state index in [2.05, 4.69) is 25.7 Å². The molecule has 2 rings (SSSR count). The number of nitrogens with two attached hydrogens (primary N) is 1. The lowest BCUT2D eigenvalue weighted by atomic mass is 10.4. The van der Waals surface area contributed by atoms with Crippen LogP contribution in [0.1, 0.15) is 5.69 Å². The predicted molar refractivity (Wildman–Crippen MR) is 48.1 cm³/mol. The molecule has 0 aliphatic rings. The average Bonchev–Trinajstić information content (AvgIpc) is 2.63. The van der Waals surface area contributed by atoms with Crippen molar-refractivity contribution in [3.05, 3.63) is 24.0 Å². The van der Waals surface area contributed by atoms with Gasteiger partial charge in [-0.15, -0.1) is 0 Å². The Kier molecular flexibility index (Phi) is 2.22. The highest BCUT2D eigenvalue weighted by Gasteiger charge is 2.01. The van der Waals surface area contributed by atoms with E-state index in [0.29, 0.717) is 6.54 Å². The molecule has 0 amide bonds. The molecule has 0 bridgehead atoms. The fraction of sp³-hybridized carbons (Fsp3) is 0.143. The van der Waals surface area contributed by atoms with Crippen LogP contribution in [0.25, 0.3) is 0 Å². The van der Waals surface area contributed by atoms with Crippen molar-refractivity contribution in [3.8, 4) is 0 Å². The lowest BCUT2D eigenvalue weighted by molar-refractivity contribution is 0.585. The summed E-state index contributed by atoms with van der Waals surface area (Å²) in [5.74, 6) is 0. The van der Waals surface area contributed by atoms with Gasteiger partial charge in [-0.2, -0.15) is 10.2 Å². The van der Waals surface area contributed by atoms with Crippen LogP contribution in [0.2, 0.25) is 0 Å². The Hall–Kier alpha value is -2.18. The third kappa shape index (κ3) is 1.94. The molecule has 14 heavy (non-hydrogen) atoms. The fourth-order valence-corrected chi connectivity index (χ4v) is 0.900. The van der Waals surface area contributed by atoms with Crippen LogP contribution in [0.4, 0.5) is 12.0 Å². The molecule has 7 heteroatoms. The summed E-state index contributed by atoms with van der Waals surface area (Å²) in [7, 11) is 0. The second-order valence-electron chi connectivity index (χ2n) is 2.51. The third-order valence-corrected chi connectivity index (χ3v) is 1.49. The minimum atomic E-state index is 0.0339. The molecule has 0 aliphatic heterocycles. The first-order chi connectivity index (χ1) is 6.84. The maximum absolute atomic E-state index is 5.24. The summed E-state index contributed by atoms with van der Waals surface area (Å²) >= 11 is 0. The van der Waals surface area contributed by atoms with Gasteiger partial charge in [0.25, 0.3) is 0 Å². The molecule has 0 atom stereocenters. The molecule has 2 aromatic heterocycles. The van der Waals surface area contributed by atoms with Crippen LogP contribution in [0.3, 0.4) is 0 Å². The second kappa shape index (κ2) is 3.69. The van der Waals surface area contributed by atoms with Crippen molar-refractivity contribution in [3.63, 3.8) is 0 Å². The summed E-state index contributed by atoms with van der Waals surface area (Å²) in [6.45, 7) is 0.468. The van der Waals surface area contributed by atoms with Crippen molar-refractivity contribution in [1.29, 1.82) is 0 Å². The van der Waals surface area contributed by atoms with Crippen LogP contribution >= 0.6 is 0 Å². The number of nitrogen functional groups attached to an aromatic ring is 1.